The molecule has 1 aliphatic rings. The monoisotopic (exact) mass is 312 g/mol. The van der Waals surface area contributed by atoms with E-state index in [4.69, 9.17) is 0 Å². The number of amides is 1. The Labute approximate surface area is 124 Å². The molecule has 1 saturated heterocycles. The third kappa shape index (κ3) is 3.38. The van der Waals surface area contributed by atoms with Crippen LogP contribution < -0.4 is 0 Å². The van der Waals surface area contributed by atoms with Crippen molar-refractivity contribution in [3.8, 4) is 5.75 Å². The van der Waals surface area contributed by atoms with Gasteiger partial charge in [-0.2, -0.15) is 0 Å². The second-order valence-electron chi connectivity index (χ2n) is 4.93. The van der Waals surface area contributed by atoms with Crippen molar-refractivity contribution in [1.82, 2.24) is 4.90 Å². The van der Waals surface area contributed by atoms with Gasteiger partial charge in [0.25, 0.3) is 11.6 Å². The summed E-state index contributed by atoms with van der Waals surface area (Å²) in [6.45, 7) is 2.70. The molecule has 1 amide bonds. The Hall–Kier alpha value is -1.96. The molecule has 0 unspecified atom stereocenters. The average Bonchev–Trinajstić information content (AvgIpc) is 2.61. The van der Waals surface area contributed by atoms with Crippen LogP contribution in [0.1, 0.15) is 23.7 Å². The molecule has 1 N–H and O–H groups in total. The molecule has 0 bridgehead atoms. The van der Waals surface area contributed by atoms with Gasteiger partial charge in [0.1, 0.15) is 5.75 Å². The SMILES string of the molecule is C[C@@H]1CCN(C(=O)c2ccc([N+](=O)[O-])cc2O)CC[S@@]1=O. The molecule has 0 radical (unpaired) electrons. The van der Waals surface area contributed by atoms with Crippen LogP contribution in [0.3, 0.4) is 0 Å². The van der Waals surface area contributed by atoms with Gasteiger partial charge in [-0.05, 0) is 12.5 Å². The van der Waals surface area contributed by atoms with Crippen LogP contribution in [0.15, 0.2) is 18.2 Å². The van der Waals surface area contributed by atoms with Crippen molar-refractivity contribution in [3.63, 3.8) is 0 Å². The van der Waals surface area contributed by atoms with Gasteiger partial charge in [0, 0.05) is 41.0 Å². The lowest BCUT2D eigenvalue weighted by atomic mass is 10.1. The zero-order valence-electron chi connectivity index (χ0n) is 11.5. The fourth-order valence-electron chi connectivity index (χ4n) is 2.17. The van der Waals surface area contributed by atoms with E-state index in [0.29, 0.717) is 25.3 Å². The van der Waals surface area contributed by atoms with Crippen LogP contribution in [0.25, 0.3) is 0 Å². The number of hydrogen-bond acceptors (Lipinski definition) is 5. The number of phenolic OH excluding ortho intramolecular Hbond substituents is 1. The van der Waals surface area contributed by atoms with E-state index in [1.54, 1.807) is 0 Å². The minimum Gasteiger partial charge on any atom is -0.507 e. The molecule has 0 aromatic heterocycles. The van der Waals surface area contributed by atoms with Crippen LogP contribution in [0.5, 0.6) is 5.75 Å². The molecule has 0 saturated carbocycles. The van der Waals surface area contributed by atoms with Crippen molar-refractivity contribution in [3.05, 3.63) is 33.9 Å². The van der Waals surface area contributed by atoms with E-state index in [2.05, 4.69) is 0 Å². The quantitative estimate of drug-likeness (QED) is 0.655. The zero-order valence-corrected chi connectivity index (χ0v) is 12.3. The minimum atomic E-state index is -0.957. The Morgan fingerprint density at radius 1 is 1.48 bits per heavy atom. The maximum atomic E-state index is 12.4. The summed E-state index contributed by atoms with van der Waals surface area (Å²) in [5, 5.41) is 20.5. The predicted molar refractivity (Wildman–Crippen MR) is 77.8 cm³/mol. The first-order valence-corrected chi connectivity index (χ1v) is 7.92. The number of phenols is 1. The Morgan fingerprint density at radius 2 is 2.19 bits per heavy atom. The Morgan fingerprint density at radius 3 is 2.81 bits per heavy atom. The molecule has 1 fully saturated rings. The second-order valence-corrected chi connectivity index (χ2v) is 6.91. The number of carbonyl (C=O) groups is 1. The van der Waals surface area contributed by atoms with Gasteiger partial charge in [-0.1, -0.05) is 6.92 Å². The molecule has 1 heterocycles. The first kappa shape index (κ1) is 15.4. The van der Waals surface area contributed by atoms with Gasteiger partial charge in [0.05, 0.1) is 16.6 Å². The molecular weight excluding hydrogens is 296 g/mol. The summed E-state index contributed by atoms with van der Waals surface area (Å²) < 4.78 is 11.8. The Bertz CT molecular complexity index is 604. The Balaban J connectivity index is 2.20. The van der Waals surface area contributed by atoms with Crippen molar-refractivity contribution in [2.24, 2.45) is 0 Å². The summed E-state index contributed by atoms with van der Waals surface area (Å²) in [4.78, 5) is 23.9. The normalized spacial score (nSPS) is 22.6. The van der Waals surface area contributed by atoms with E-state index in [9.17, 15) is 24.2 Å². The van der Waals surface area contributed by atoms with Gasteiger partial charge in [-0.25, -0.2) is 0 Å². The maximum absolute atomic E-state index is 12.4. The third-order valence-corrected chi connectivity index (χ3v) is 5.24. The van der Waals surface area contributed by atoms with Gasteiger partial charge in [0.2, 0.25) is 0 Å². The van der Waals surface area contributed by atoms with Crippen LogP contribution in [-0.2, 0) is 10.8 Å². The third-order valence-electron chi connectivity index (χ3n) is 3.53. The smallest absolute Gasteiger partial charge is 0.273 e. The van der Waals surface area contributed by atoms with Gasteiger partial charge < -0.3 is 10.0 Å². The molecule has 8 heteroatoms. The highest BCUT2D eigenvalue weighted by atomic mass is 32.2. The van der Waals surface area contributed by atoms with E-state index in [1.165, 1.54) is 17.0 Å². The van der Waals surface area contributed by atoms with E-state index >= 15 is 0 Å². The number of hydrogen-bond donors (Lipinski definition) is 1. The number of carbonyl (C=O) groups excluding carboxylic acids is 1. The fraction of sp³-hybridized carbons (Fsp3) is 0.462. The van der Waals surface area contributed by atoms with Crippen molar-refractivity contribution < 1.29 is 19.0 Å². The molecule has 2 rings (SSSR count). The number of nitrogens with zero attached hydrogens (tertiary/aromatic N) is 2. The molecule has 0 aliphatic carbocycles. The molecule has 1 aromatic rings. The molecule has 1 aromatic carbocycles. The van der Waals surface area contributed by atoms with Crippen molar-refractivity contribution in [2.45, 2.75) is 18.6 Å². The molecule has 2 atom stereocenters. The number of non-ortho nitro benzene ring substituents is 1. The van der Waals surface area contributed by atoms with E-state index in [1.807, 2.05) is 6.92 Å². The Kier molecular flexibility index (Phi) is 4.56. The van der Waals surface area contributed by atoms with E-state index in [-0.39, 0.29) is 16.5 Å². The minimum absolute atomic E-state index is 0.0286. The average molecular weight is 312 g/mol. The summed E-state index contributed by atoms with van der Waals surface area (Å²) in [5.74, 6) is -0.401. The lowest BCUT2D eigenvalue weighted by molar-refractivity contribution is -0.384. The summed E-state index contributed by atoms with van der Waals surface area (Å²) in [6, 6.07) is 3.40. The van der Waals surface area contributed by atoms with Crippen LogP contribution in [0.2, 0.25) is 0 Å². The molecular formula is C13H16N2O5S. The summed E-state index contributed by atoms with van der Waals surface area (Å²) >= 11 is 0. The van der Waals surface area contributed by atoms with Gasteiger partial charge in [-0.15, -0.1) is 0 Å². The first-order valence-electron chi connectivity index (χ1n) is 6.54. The highest BCUT2D eigenvalue weighted by molar-refractivity contribution is 7.85. The molecule has 1 aliphatic heterocycles. The van der Waals surface area contributed by atoms with Crippen LogP contribution in [-0.4, -0.2) is 49.1 Å². The highest BCUT2D eigenvalue weighted by Crippen LogP contribution is 2.25. The number of aromatic hydroxyl groups is 1. The first-order chi connectivity index (χ1) is 9.90. The molecule has 7 nitrogen and oxygen atoms in total. The lowest BCUT2D eigenvalue weighted by Gasteiger charge is -2.20. The largest absolute Gasteiger partial charge is 0.507 e. The maximum Gasteiger partial charge on any atom is 0.273 e. The molecule has 21 heavy (non-hydrogen) atoms. The number of benzene rings is 1. The van der Waals surface area contributed by atoms with Crippen LogP contribution >= 0.6 is 0 Å². The number of nitro benzene ring substituents is 1. The summed E-state index contributed by atoms with van der Waals surface area (Å²) in [6.07, 6.45) is 0.631. The number of rotatable bonds is 2. The van der Waals surface area contributed by atoms with Crippen molar-refractivity contribution in [1.29, 1.82) is 0 Å². The highest BCUT2D eigenvalue weighted by Gasteiger charge is 2.25. The zero-order chi connectivity index (χ0) is 15.6. The van der Waals surface area contributed by atoms with Crippen molar-refractivity contribution >= 4 is 22.4 Å². The van der Waals surface area contributed by atoms with Gasteiger partial charge >= 0.3 is 0 Å². The van der Waals surface area contributed by atoms with Crippen LogP contribution in [0, 0.1) is 10.1 Å². The molecule has 114 valence electrons. The fourth-order valence-corrected chi connectivity index (χ4v) is 3.34. The summed E-state index contributed by atoms with van der Waals surface area (Å²) in [7, 11) is -0.957. The van der Waals surface area contributed by atoms with E-state index in [0.717, 1.165) is 6.07 Å². The van der Waals surface area contributed by atoms with E-state index < -0.39 is 27.4 Å². The van der Waals surface area contributed by atoms with Gasteiger partial charge in [0.15, 0.2) is 0 Å². The number of nitro groups is 1. The van der Waals surface area contributed by atoms with Crippen LogP contribution in [0.4, 0.5) is 5.69 Å². The topological polar surface area (TPSA) is 101 Å². The summed E-state index contributed by atoms with van der Waals surface area (Å²) in [5.41, 5.74) is -0.240. The predicted octanol–water partition coefficient (Wildman–Crippen LogP) is 1.28. The van der Waals surface area contributed by atoms with Gasteiger partial charge in [-0.3, -0.25) is 19.1 Å². The standard InChI is InChI=1S/C13H16N2O5S/c1-9-4-5-14(6-7-21(9)20)13(17)11-3-2-10(15(18)19)8-12(11)16/h2-3,8-9,16H,4-7H2,1H3/t9-,21+/m1/s1. The second kappa shape index (κ2) is 6.21. The molecule has 0 spiro atoms. The lowest BCUT2D eigenvalue weighted by Crippen LogP contribution is -2.33. The van der Waals surface area contributed by atoms with Crippen molar-refractivity contribution in [2.75, 3.05) is 18.8 Å².